The summed E-state index contributed by atoms with van der Waals surface area (Å²) in [5, 5.41) is 4.70. The van der Waals surface area contributed by atoms with E-state index < -0.39 is 0 Å². The Hall–Kier alpha value is -2.18. The lowest BCUT2D eigenvalue weighted by Gasteiger charge is -2.23. The van der Waals surface area contributed by atoms with Gasteiger partial charge in [-0.25, -0.2) is 0 Å². The quantitative estimate of drug-likeness (QED) is 0.896. The van der Waals surface area contributed by atoms with E-state index in [1.165, 1.54) is 11.3 Å². The van der Waals surface area contributed by atoms with E-state index in [0.29, 0.717) is 35.8 Å². The average Bonchev–Trinajstić information content (AvgIpc) is 3.25. The summed E-state index contributed by atoms with van der Waals surface area (Å²) >= 11 is 1.37. The van der Waals surface area contributed by atoms with Crippen LogP contribution in [0.5, 0.6) is 0 Å². The Morgan fingerprint density at radius 2 is 2.08 bits per heavy atom. The van der Waals surface area contributed by atoms with E-state index in [4.69, 9.17) is 5.73 Å². The molecule has 1 aliphatic rings. The zero-order chi connectivity index (χ0) is 17.2. The Morgan fingerprint density at radius 3 is 2.75 bits per heavy atom. The molecule has 2 aromatic rings. The van der Waals surface area contributed by atoms with Gasteiger partial charge in [-0.05, 0) is 42.0 Å². The molecule has 0 aliphatic carbocycles. The molecule has 3 N–H and O–H groups in total. The molecule has 0 radical (unpaired) electrons. The molecule has 1 aromatic carbocycles. The Morgan fingerprint density at radius 1 is 1.29 bits per heavy atom. The summed E-state index contributed by atoms with van der Waals surface area (Å²) in [5.74, 6) is -0.257. The summed E-state index contributed by atoms with van der Waals surface area (Å²) in [5.41, 5.74) is 6.86. The first-order valence-electron chi connectivity index (χ1n) is 7.96. The van der Waals surface area contributed by atoms with Crippen molar-refractivity contribution >= 4 is 28.8 Å². The molecule has 126 valence electrons. The molecule has 2 heterocycles. The number of carbonyl (C=O) groups excluding carboxylic acids is 2. The van der Waals surface area contributed by atoms with Crippen molar-refractivity contribution < 1.29 is 9.59 Å². The van der Waals surface area contributed by atoms with Crippen LogP contribution in [0.1, 0.15) is 33.4 Å². The maximum absolute atomic E-state index is 12.9. The third kappa shape index (κ3) is 3.34. The van der Waals surface area contributed by atoms with Crippen molar-refractivity contribution in [3.63, 3.8) is 0 Å². The monoisotopic (exact) mass is 343 g/mol. The van der Waals surface area contributed by atoms with Gasteiger partial charge in [0.15, 0.2) is 0 Å². The number of anilines is 1. The molecule has 1 unspecified atom stereocenters. The third-order valence-corrected chi connectivity index (χ3v) is 5.36. The highest BCUT2D eigenvalue weighted by atomic mass is 32.1. The van der Waals surface area contributed by atoms with Crippen LogP contribution in [-0.4, -0.2) is 36.3 Å². The van der Waals surface area contributed by atoms with Gasteiger partial charge < -0.3 is 16.0 Å². The largest absolute Gasteiger partial charge is 0.338 e. The third-order valence-electron chi connectivity index (χ3n) is 4.49. The minimum Gasteiger partial charge on any atom is -0.338 e. The van der Waals surface area contributed by atoms with Crippen LogP contribution < -0.4 is 11.1 Å². The second-order valence-electron chi connectivity index (χ2n) is 6.47. The normalized spacial score (nSPS) is 20.2. The predicted octanol–water partition coefficient (Wildman–Crippen LogP) is 2.81. The van der Waals surface area contributed by atoms with E-state index in [2.05, 4.69) is 12.2 Å². The molecule has 0 bridgehead atoms. The van der Waals surface area contributed by atoms with Crippen LogP contribution >= 0.6 is 11.3 Å². The second kappa shape index (κ2) is 6.75. The van der Waals surface area contributed by atoms with E-state index >= 15 is 0 Å². The zero-order valence-electron chi connectivity index (χ0n) is 13.6. The van der Waals surface area contributed by atoms with Crippen LogP contribution in [0.25, 0.3) is 0 Å². The molecule has 0 saturated carbocycles. The summed E-state index contributed by atoms with van der Waals surface area (Å²) in [6, 6.07) is 10.7. The average molecular weight is 343 g/mol. The van der Waals surface area contributed by atoms with Gasteiger partial charge in [0, 0.05) is 13.1 Å². The maximum Gasteiger partial charge on any atom is 0.265 e. The topological polar surface area (TPSA) is 75.4 Å². The Labute approximate surface area is 145 Å². The summed E-state index contributed by atoms with van der Waals surface area (Å²) < 4.78 is 0. The number of nitrogens with two attached hydrogens (primary N) is 1. The minimum atomic E-state index is -0.196. The molecular weight excluding hydrogens is 322 g/mol. The van der Waals surface area contributed by atoms with E-state index in [0.717, 1.165) is 6.42 Å². The summed E-state index contributed by atoms with van der Waals surface area (Å²) in [6.07, 6.45) is 0.902. The van der Waals surface area contributed by atoms with Crippen molar-refractivity contribution in [2.45, 2.75) is 13.3 Å². The molecule has 1 saturated heterocycles. The van der Waals surface area contributed by atoms with E-state index in [9.17, 15) is 9.59 Å². The van der Waals surface area contributed by atoms with Gasteiger partial charge in [-0.15, -0.1) is 11.3 Å². The molecule has 5 nitrogen and oxygen atoms in total. The minimum absolute atomic E-state index is 0.0230. The fourth-order valence-corrected chi connectivity index (χ4v) is 3.52. The number of amides is 2. The number of nitrogens with one attached hydrogen (secondary N) is 1. The molecule has 2 amide bonds. The molecule has 1 aromatic heterocycles. The summed E-state index contributed by atoms with van der Waals surface area (Å²) in [7, 11) is 0. The molecule has 1 atom stereocenters. The first kappa shape index (κ1) is 16.7. The van der Waals surface area contributed by atoms with Crippen molar-refractivity contribution in [1.29, 1.82) is 0 Å². The molecule has 1 aliphatic heterocycles. The SMILES string of the molecule is CC1(CN)CCN(C(=O)c2ccccc2NC(=O)c2cccs2)C1. The van der Waals surface area contributed by atoms with Crippen LogP contribution in [0.2, 0.25) is 0 Å². The van der Waals surface area contributed by atoms with Gasteiger partial charge in [-0.1, -0.05) is 25.1 Å². The van der Waals surface area contributed by atoms with Gasteiger partial charge in [-0.3, -0.25) is 9.59 Å². The van der Waals surface area contributed by atoms with Gasteiger partial charge >= 0.3 is 0 Å². The van der Waals surface area contributed by atoms with Gasteiger partial charge in [0.25, 0.3) is 11.8 Å². The number of benzene rings is 1. The molecule has 3 rings (SSSR count). The predicted molar refractivity (Wildman–Crippen MR) is 96.4 cm³/mol. The lowest BCUT2D eigenvalue weighted by Crippen LogP contribution is -2.34. The number of likely N-dealkylation sites (tertiary alicyclic amines) is 1. The van der Waals surface area contributed by atoms with Crippen molar-refractivity contribution in [2.75, 3.05) is 25.0 Å². The van der Waals surface area contributed by atoms with Crippen LogP contribution in [0.15, 0.2) is 41.8 Å². The van der Waals surface area contributed by atoms with Crippen molar-refractivity contribution in [3.8, 4) is 0 Å². The highest BCUT2D eigenvalue weighted by molar-refractivity contribution is 7.12. The van der Waals surface area contributed by atoms with E-state index in [-0.39, 0.29) is 17.2 Å². The van der Waals surface area contributed by atoms with Crippen molar-refractivity contribution in [1.82, 2.24) is 4.90 Å². The number of rotatable bonds is 4. The number of hydrogen-bond donors (Lipinski definition) is 2. The summed E-state index contributed by atoms with van der Waals surface area (Å²) in [4.78, 5) is 27.6. The van der Waals surface area contributed by atoms with Crippen LogP contribution in [0.3, 0.4) is 0 Å². The lowest BCUT2D eigenvalue weighted by molar-refractivity contribution is 0.0778. The van der Waals surface area contributed by atoms with Gasteiger partial charge in [0.1, 0.15) is 0 Å². The first-order chi connectivity index (χ1) is 11.5. The number of nitrogens with zero attached hydrogens (tertiary/aromatic N) is 1. The molecule has 6 heteroatoms. The number of para-hydroxylation sites is 1. The fourth-order valence-electron chi connectivity index (χ4n) is 2.90. The van der Waals surface area contributed by atoms with Crippen molar-refractivity contribution in [2.24, 2.45) is 11.1 Å². The fraction of sp³-hybridized carbons (Fsp3) is 0.333. The summed E-state index contributed by atoms with van der Waals surface area (Å²) in [6.45, 7) is 4.01. The van der Waals surface area contributed by atoms with Gasteiger partial charge in [-0.2, -0.15) is 0 Å². The number of thiophene rings is 1. The second-order valence-corrected chi connectivity index (χ2v) is 7.42. The number of hydrogen-bond acceptors (Lipinski definition) is 4. The van der Waals surface area contributed by atoms with Crippen LogP contribution in [-0.2, 0) is 0 Å². The first-order valence-corrected chi connectivity index (χ1v) is 8.84. The lowest BCUT2D eigenvalue weighted by atomic mass is 9.90. The Kier molecular flexibility index (Phi) is 4.69. The zero-order valence-corrected chi connectivity index (χ0v) is 14.4. The highest BCUT2D eigenvalue weighted by Gasteiger charge is 2.35. The molecule has 24 heavy (non-hydrogen) atoms. The van der Waals surface area contributed by atoms with Gasteiger partial charge in [0.05, 0.1) is 16.1 Å². The molecule has 1 fully saturated rings. The molecular formula is C18H21N3O2S. The van der Waals surface area contributed by atoms with Crippen LogP contribution in [0.4, 0.5) is 5.69 Å². The standard InChI is InChI=1S/C18H21N3O2S/c1-18(11-19)8-9-21(12-18)17(23)13-5-2-3-6-14(13)20-16(22)15-7-4-10-24-15/h2-7,10H,8-9,11-12,19H2,1H3,(H,20,22). The van der Waals surface area contributed by atoms with E-state index in [1.54, 1.807) is 18.2 Å². The Bertz CT molecular complexity index is 744. The smallest absolute Gasteiger partial charge is 0.265 e. The maximum atomic E-state index is 12.9. The highest BCUT2D eigenvalue weighted by Crippen LogP contribution is 2.30. The molecule has 0 spiro atoms. The van der Waals surface area contributed by atoms with Crippen molar-refractivity contribution in [3.05, 3.63) is 52.2 Å². The van der Waals surface area contributed by atoms with Gasteiger partial charge in [0.2, 0.25) is 0 Å². The van der Waals surface area contributed by atoms with E-state index in [1.807, 2.05) is 28.5 Å². The number of carbonyl (C=O) groups is 2. The van der Waals surface area contributed by atoms with Crippen LogP contribution in [0, 0.1) is 5.41 Å². The Balaban J connectivity index is 1.79.